The molecule has 0 aliphatic rings. The summed E-state index contributed by atoms with van der Waals surface area (Å²) in [6.45, 7) is 2.98. The van der Waals surface area contributed by atoms with E-state index in [1.807, 2.05) is 30.3 Å². The van der Waals surface area contributed by atoms with Gasteiger partial charge in [-0.3, -0.25) is 4.79 Å². The standard InChI is InChI=1S/C21H17FN2O/c1-2-24-19-10-6-4-7-15(19)17-13-14(11-12-20(17)24)23-21(25)16-8-3-5-9-18(16)22/h3-13H,2H2,1H3,(H,23,25). The van der Waals surface area contributed by atoms with Crippen LogP contribution in [-0.4, -0.2) is 10.5 Å². The van der Waals surface area contributed by atoms with Crippen LogP contribution in [0.1, 0.15) is 17.3 Å². The largest absolute Gasteiger partial charge is 0.341 e. The highest BCUT2D eigenvalue weighted by Crippen LogP contribution is 2.31. The lowest BCUT2D eigenvalue weighted by Crippen LogP contribution is -2.13. The third-order valence-electron chi connectivity index (χ3n) is 4.46. The number of carbonyl (C=O) groups is 1. The van der Waals surface area contributed by atoms with Crippen LogP contribution in [0.15, 0.2) is 66.7 Å². The van der Waals surface area contributed by atoms with E-state index in [2.05, 4.69) is 28.9 Å². The second-order valence-corrected chi connectivity index (χ2v) is 5.93. The Balaban J connectivity index is 1.78. The van der Waals surface area contributed by atoms with Crippen LogP contribution in [0.4, 0.5) is 10.1 Å². The van der Waals surface area contributed by atoms with Gasteiger partial charge in [-0.2, -0.15) is 0 Å². The lowest BCUT2D eigenvalue weighted by atomic mass is 10.1. The second kappa shape index (κ2) is 6.06. The molecule has 1 aromatic heterocycles. The zero-order valence-corrected chi connectivity index (χ0v) is 13.8. The summed E-state index contributed by atoms with van der Waals surface area (Å²) in [6, 6.07) is 20.0. The number of aromatic nitrogens is 1. The van der Waals surface area contributed by atoms with Crippen molar-refractivity contribution in [2.75, 3.05) is 5.32 Å². The summed E-state index contributed by atoms with van der Waals surface area (Å²) in [5, 5.41) is 5.01. The van der Waals surface area contributed by atoms with Gasteiger partial charge in [-0.15, -0.1) is 0 Å². The summed E-state index contributed by atoms with van der Waals surface area (Å²) in [4.78, 5) is 12.3. The molecule has 1 N–H and O–H groups in total. The first-order valence-corrected chi connectivity index (χ1v) is 8.26. The molecule has 4 aromatic rings. The summed E-state index contributed by atoms with van der Waals surface area (Å²) in [7, 11) is 0. The summed E-state index contributed by atoms with van der Waals surface area (Å²) in [5.74, 6) is -0.972. The number of para-hydroxylation sites is 1. The zero-order chi connectivity index (χ0) is 17.4. The number of anilines is 1. The summed E-state index contributed by atoms with van der Waals surface area (Å²) in [5.41, 5.74) is 2.98. The lowest BCUT2D eigenvalue weighted by molar-refractivity contribution is 0.102. The molecular weight excluding hydrogens is 315 g/mol. The minimum atomic E-state index is -0.524. The fourth-order valence-electron chi connectivity index (χ4n) is 3.32. The van der Waals surface area contributed by atoms with Crippen molar-refractivity contribution in [3.8, 4) is 0 Å². The normalized spacial score (nSPS) is 11.1. The fraction of sp³-hybridized carbons (Fsp3) is 0.0952. The van der Waals surface area contributed by atoms with Crippen molar-refractivity contribution in [3.63, 3.8) is 0 Å². The molecule has 0 unspecified atom stereocenters. The van der Waals surface area contributed by atoms with Gasteiger partial charge in [0.15, 0.2) is 0 Å². The Morgan fingerprint density at radius 1 is 0.960 bits per heavy atom. The first kappa shape index (κ1) is 15.4. The van der Waals surface area contributed by atoms with Crippen molar-refractivity contribution in [1.29, 1.82) is 0 Å². The van der Waals surface area contributed by atoms with Gasteiger partial charge in [0.05, 0.1) is 5.56 Å². The predicted molar refractivity (Wildman–Crippen MR) is 99.5 cm³/mol. The fourth-order valence-corrected chi connectivity index (χ4v) is 3.32. The van der Waals surface area contributed by atoms with Crippen molar-refractivity contribution < 1.29 is 9.18 Å². The van der Waals surface area contributed by atoms with Gasteiger partial charge >= 0.3 is 0 Å². The molecule has 0 fully saturated rings. The number of carbonyl (C=O) groups excluding carboxylic acids is 1. The van der Waals surface area contributed by atoms with Gasteiger partial charge in [0.2, 0.25) is 0 Å². The second-order valence-electron chi connectivity index (χ2n) is 5.93. The molecule has 0 radical (unpaired) electrons. The van der Waals surface area contributed by atoms with Crippen LogP contribution < -0.4 is 5.32 Å². The number of nitrogens with one attached hydrogen (secondary N) is 1. The van der Waals surface area contributed by atoms with Crippen molar-refractivity contribution in [2.24, 2.45) is 0 Å². The highest BCUT2D eigenvalue weighted by atomic mass is 19.1. The third-order valence-corrected chi connectivity index (χ3v) is 4.46. The maximum absolute atomic E-state index is 13.8. The minimum absolute atomic E-state index is 0.0404. The SMILES string of the molecule is CCn1c2ccccc2c2cc(NC(=O)c3ccccc3F)ccc21. The molecule has 0 saturated heterocycles. The molecule has 0 spiro atoms. The maximum Gasteiger partial charge on any atom is 0.258 e. The van der Waals surface area contributed by atoms with E-state index >= 15 is 0 Å². The molecule has 0 aliphatic heterocycles. The molecular formula is C21H17FN2O. The first-order chi connectivity index (χ1) is 12.2. The molecule has 0 bridgehead atoms. The van der Waals surface area contributed by atoms with Crippen LogP contribution in [0, 0.1) is 5.82 Å². The molecule has 3 aromatic carbocycles. The minimum Gasteiger partial charge on any atom is -0.341 e. The van der Waals surface area contributed by atoms with E-state index in [0.29, 0.717) is 5.69 Å². The molecule has 25 heavy (non-hydrogen) atoms. The maximum atomic E-state index is 13.8. The predicted octanol–water partition coefficient (Wildman–Crippen LogP) is 5.21. The van der Waals surface area contributed by atoms with Crippen LogP contribution in [0.3, 0.4) is 0 Å². The van der Waals surface area contributed by atoms with Crippen LogP contribution in [0.25, 0.3) is 21.8 Å². The Labute approximate surface area is 144 Å². The number of hydrogen-bond acceptors (Lipinski definition) is 1. The third kappa shape index (κ3) is 2.56. The van der Waals surface area contributed by atoms with Crippen molar-refractivity contribution in [3.05, 3.63) is 78.1 Å². The van der Waals surface area contributed by atoms with Gasteiger partial charge in [0.1, 0.15) is 5.82 Å². The average Bonchev–Trinajstić information content (AvgIpc) is 2.95. The van der Waals surface area contributed by atoms with Crippen LogP contribution in [-0.2, 0) is 6.54 Å². The zero-order valence-electron chi connectivity index (χ0n) is 13.8. The van der Waals surface area contributed by atoms with Gasteiger partial charge in [-0.05, 0) is 43.3 Å². The van der Waals surface area contributed by atoms with Gasteiger partial charge in [-0.25, -0.2) is 4.39 Å². The molecule has 1 amide bonds. The first-order valence-electron chi connectivity index (χ1n) is 8.26. The van der Waals surface area contributed by atoms with Gasteiger partial charge in [0, 0.05) is 34.0 Å². The molecule has 4 rings (SSSR count). The Morgan fingerprint density at radius 2 is 1.68 bits per heavy atom. The number of amides is 1. The monoisotopic (exact) mass is 332 g/mol. The Hall–Kier alpha value is -3.14. The summed E-state index contributed by atoms with van der Waals surface area (Å²) in [6.07, 6.45) is 0. The molecule has 0 saturated carbocycles. The number of halogens is 1. The number of fused-ring (bicyclic) bond motifs is 3. The van der Waals surface area contributed by atoms with E-state index in [0.717, 1.165) is 28.4 Å². The van der Waals surface area contributed by atoms with E-state index in [4.69, 9.17) is 0 Å². The van der Waals surface area contributed by atoms with Crippen LogP contribution in [0.2, 0.25) is 0 Å². The lowest BCUT2D eigenvalue weighted by Gasteiger charge is -2.07. The van der Waals surface area contributed by atoms with E-state index in [1.54, 1.807) is 12.1 Å². The number of nitrogens with zero attached hydrogens (tertiary/aromatic N) is 1. The quantitative estimate of drug-likeness (QED) is 0.549. The molecule has 0 atom stereocenters. The Kier molecular flexibility index (Phi) is 3.73. The van der Waals surface area contributed by atoms with E-state index in [-0.39, 0.29) is 5.56 Å². The highest BCUT2D eigenvalue weighted by Gasteiger charge is 2.13. The van der Waals surface area contributed by atoms with Crippen molar-refractivity contribution in [2.45, 2.75) is 13.5 Å². The molecule has 4 heteroatoms. The highest BCUT2D eigenvalue weighted by molar-refractivity contribution is 6.11. The van der Waals surface area contributed by atoms with Gasteiger partial charge < -0.3 is 9.88 Å². The smallest absolute Gasteiger partial charge is 0.258 e. The van der Waals surface area contributed by atoms with E-state index in [9.17, 15) is 9.18 Å². The summed E-state index contributed by atoms with van der Waals surface area (Å²) >= 11 is 0. The number of hydrogen-bond donors (Lipinski definition) is 1. The van der Waals surface area contributed by atoms with Crippen LogP contribution in [0.5, 0.6) is 0 Å². The average molecular weight is 332 g/mol. The van der Waals surface area contributed by atoms with Crippen molar-refractivity contribution in [1.82, 2.24) is 4.57 Å². The van der Waals surface area contributed by atoms with Gasteiger partial charge in [0.25, 0.3) is 5.91 Å². The van der Waals surface area contributed by atoms with Crippen molar-refractivity contribution >= 4 is 33.4 Å². The van der Waals surface area contributed by atoms with Gasteiger partial charge in [-0.1, -0.05) is 30.3 Å². The van der Waals surface area contributed by atoms with E-state index in [1.165, 1.54) is 12.1 Å². The molecule has 0 aliphatic carbocycles. The molecule has 3 nitrogen and oxygen atoms in total. The summed E-state index contributed by atoms with van der Waals surface area (Å²) < 4.78 is 16.0. The van der Waals surface area contributed by atoms with Crippen LogP contribution >= 0.6 is 0 Å². The topological polar surface area (TPSA) is 34.0 Å². The number of rotatable bonds is 3. The number of aryl methyl sites for hydroxylation is 1. The molecule has 124 valence electrons. The Morgan fingerprint density at radius 3 is 2.48 bits per heavy atom. The van der Waals surface area contributed by atoms with E-state index < -0.39 is 11.7 Å². The Bertz CT molecular complexity index is 1100. The molecule has 1 heterocycles. The number of benzene rings is 3.